The molecule has 0 heterocycles. The second kappa shape index (κ2) is 4.45. The highest BCUT2D eigenvalue weighted by atomic mass is 127. The number of hydrogen-bond acceptors (Lipinski definition) is 1. The summed E-state index contributed by atoms with van der Waals surface area (Å²) >= 11 is 2.23. The molecule has 0 saturated heterocycles. The largest absolute Gasteiger partial charge is 0.326 e. The van der Waals surface area contributed by atoms with Crippen molar-refractivity contribution in [3.63, 3.8) is 0 Å². The Morgan fingerprint density at radius 2 is 2.00 bits per heavy atom. The van der Waals surface area contributed by atoms with Gasteiger partial charge >= 0.3 is 0 Å². The predicted octanol–water partition coefficient (Wildman–Crippen LogP) is 2.64. The Labute approximate surface area is 85.5 Å². The van der Waals surface area contributed by atoms with E-state index >= 15 is 0 Å². The summed E-state index contributed by atoms with van der Waals surface area (Å²) in [5.74, 6) is 0.0520. The molecule has 12 heavy (non-hydrogen) atoms. The highest BCUT2D eigenvalue weighted by molar-refractivity contribution is 14.1. The smallest absolute Gasteiger partial charge is 0.224 e. The van der Waals surface area contributed by atoms with Gasteiger partial charge in [-0.2, -0.15) is 0 Å². The van der Waals surface area contributed by atoms with E-state index in [1.807, 2.05) is 31.2 Å². The molecule has 1 rings (SSSR count). The van der Waals surface area contributed by atoms with E-state index in [1.54, 1.807) is 0 Å². The van der Waals surface area contributed by atoms with E-state index in [-0.39, 0.29) is 5.91 Å². The Bertz CT molecular complexity index is 268. The van der Waals surface area contributed by atoms with Gasteiger partial charge in [0.25, 0.3) is 0 Å². The molecular weight excluding hydrogens is 265 g/mol. The van der Waals surface area contributed by atoms with Crippen LogP contribution in [0.15, 0.2) is 24.3 Å². The van der Waals surface area contributed by atoms with Crippen LogP contribution in [-0.2, 0) is 4.79 Å². The summed E-state index contributed by atoms with van der Waals surface area (Å²) in [7, 11) is 0. The van der Waals surface area contributed by atoms with Gasteiger partial charge in [0.2, 0.25) is 5.91 Å². The van der Waals surface area contributed by atoms with Gasteiger partial charge in [0.05, 0.1) is 0 Å². The normalized spacial score (nSPS) is 9.50. The van der Waals surface area contributed by atoms with E-state index in [0.29, 0.717) is 6.42 Å². The van der Waals surface area contributed by atoms with E-state index in [1.165, 1.54) is 3.57 Å². The molecule has 0 fully saturated rings. The summed E-state index contributed by atoms with van der Waals surface area (Å²) in [5, 5.41) is 2.78. The third-order valence-electron chi connectivity index (χ3n) is 1.45. The minimum absolute atomic E-state index is 0.0520. The molecule has 0 aliphatic heterocycles. The van der Waals surface area contributed by atoms with Crippen LogP contribution in [0.4, 0.5) is 5.69 Å². The minimum atomic E-state index is 0.0520. The van der Waals surface area contributed by atoms with Gasteiger partial charge in [-0.3, -0.25) is 4.79 Å². The lowest BCUT2D eigenvalue weighted by molar-refractivity contribution is -0.115. The molecule has 0 saturated carbocycles. The third-order valence-corrected chi connectivity index (χ3v) is 2.17. The van der Waals surface area contributed by atoms with Crippen molar-refractivity contribution < 1.29 is 4.79 Å². The quantitative estimate of drug-likeness (QED) is 0.826. The topological polar surface area (TPSA) is 29.1 Å². The number of hydrogen-bond donors (Lipinski definition) is 1. The van der Waals surface area contributed by atoms with Crippen molar-refractivity contribution in [2.75, 3.05) is 5.32 Å². The lowest BCUT2D eigenvalue weighted by atomic mass is 10.3. The summed E-state index contributed by atoms with van der Waals surface area (Å²) in [6, 6.07) is 7.72. The molecule has 0 bridgehead atoms. The summed E-state index contributed by atoms with van der Waals surface area (Å²) in [6.07, 6.45) is 0.520. The molecule has 0 aliphatic carbocycles. The first-order valence-electron chi connectivity index (χ1n) is 3.78. The molecule has 0 atom stereocenters. The van der Waals surface area contributed by atoms with Gasteiger partial charge in [-0.25, -0.2) is 0 Å². The van der Waals surface area contributed by atoms with Crippen LogP contribution in [0.1, 0.15) is 13.3 Å². The van der Waals surface area contributed by atoms with E-state index in [0.717, 1.165) is 5.69 Å². The predicted molar refractivity (Wildman–Crippen MR) is 58.1 cm³/mol. The first kappa shape index (κ1) is 9.51. The fourth-order valence-electron chi connectivity index (χ4n) is 0.783. The maximum atomic E-state index is 11.0. The minimum Gasteiger partial charge on any atom is -0.326 e. The molecule has 3 heteroatoms. The lowest BCUT2D eigenvalue weighted by Crippen LogP contribution is -2.08. The Kier molecular flexibility index (Phi) is 3.52. The second-order valence-corrected chi connectivity index (χ2v) is 3.65. The zero-order valence-corrected chi connectivity index (χ0v) is 8.96. The fraction of sp³-hybridized carbons (Fsp3) is 0.222. The maximum absolute atomic E-state index is 11.0. The van der Waals surface area contributed by atoms with Crippen LogP contribution in [0.2, 0.25) is 0 Å². The van der Waals surface area contributed by atoms with Crippen molar-refractivity contribution in [3.8, 4) is 0 Å². The molecule has 0 radical (unpaired) electrons. The number of nitrogens with one attached hydrogen (secondary N) is 1. The molecular formula is C9H10INO. The van der Waals surface area contributed by atoms with E-state index in [2.05, 4.69) is 27.9 Å². The number of carbonyl (C=O) groups excluding carboxylic acids is 1. The third kappa shape index (κ3) is 2.81. The van der Waals surface area contributed by atoms with Crippen molar-refractivity contribution in [1.29, 1.82) is 0 Å². The summed E-state index contributed by atoms with van der Waals surface area (Å²) in [5.41, 5.74) is 0.863. The highest BCUT2D eigenvalue weighted by Crippen LogP contribution is 2.10. The molecule has 0 spiro atoms. The molecule has 1 aromatic rings. The second-order valence-electron chi connectivity index (χ2n) is 2.41. The number of rotatable bonds is 2. The average Bonchev–Trinajstić information content (AvgIpc) is 2.09. The van der Waals surface area contributed by atoms with Crippen LogP contribution in [0, 0.1) is 3.57 Å². The first-order valence-corrected chi connectivity index (χ1v) is 4.85. The monoisotopic (exact) mass is 275 g/mol. The Hall–Kier alpha value is -0.580. The van der Waals surface area contributed by atoms with Crippen molar-refractivity contribution in [2.24, 2.45) is 0 Å². The van der Waals surface area contributed by atoms with Crippen molar-refractivity contribution in [2.45, 2.75) is 13.3 Å². The summed E-state index contributed by atoms with van der Waals surface area (Å²) < 4.78 is 1.17. The Morgan fingerprint density at radius 3 is 2.50 bits per heavy atom. The van der Waals surface area contributed by atoms with Crippen molar-refractivity contribution >= 4 is 34.2 Å². The van der Waals surface area contributed by atoms with E-state index < -0.39 is 0 Å². The van der Waals surface area contributed by atoms with Gasteiger partial charge in [-0.1, -0.05) is 6.92 Å². The summed E-state index contributed by atoms with van der Waals surface area (Å²) in [4.78, 5) is 11.0. The maximum Gasteiger partial charge on any atom is 0.224 e. The first-order chi connectivity index (χ1) is 5.72. The molecule has 0 aliphatic rings. The number of anilines is 1. The van der Waals surface area contributed by atoms with Gasteiger partial charge in [0.15, 0.2) is 0 Å². The van der Waals surface area contributed by atoms with E-state index in [4.69, 9.17) is 0 Å². The van der Waals surface area contributed by atoms with Gasteiger partial charge in [0.1, 0.15) is 0 Å². The molecule has 1 amide bonds. The molecule has 64 valence electrons. The Morgan fingerprint density at radius 1 is 1.42 bits per heavy atom. The SMILES string of the molecule is CCC(=O)Nc1ccc(I)cc1. The number of benzene rings is 1. The van der Waals surface area contributed by atoms with Gasteiger partial charge in [0, 0.05) is 15.7 Å². The number of amides is 1. The Balaban J connectivity index is 2.64. The van der Waals surface area contributed by atoms with Crippen molar-refractivity contribution in [1.82, 2.24) is 0 Å². The van der Waals surface area contributed by atoms with E-state index in [9.17, 15) is 4.79 Å². The van der Waals surface area contributed by atoms with Crippen molar-refractivity contribution in [3.05, 3.63) is 27.8 Å². The molecule has 2 nitrogen and oxygen atoms in total. The zero-order chi connectivity index (χ0) is 8.97. The molecule has 0 aromatic heterocycles. The highest BCUT2D eigenvalue weighted by Gasteiger charge is 1.96. The number of halogens is 1. The van der Waals surface area contributed by atoms with Crippen LogP contribution in [0.5, 0.6) is 0 Å². The number of carbonyl (C=O) groups is 1. The van der Waals surface area contributed by atoms with Crippen LogP contribution < -0.4 is 5.32 Å². The van der Waals surface area contributed by atoms with Gasteiger partial charge < -0.3 is 5.32 Å². The average molecular weight is 275 g/mol. The van der Waals surface area contributed by atoms with Gasteiger partial charge in [-0.15, -0.1) is 0 Å². The zero-order valence-electron chi connectivity index (χ0n) is 6.80. The fourth-order valence-corrected chi connectivity index (χ4v) is 1.14. The van der Waals surface area contributed by atoms with Crippen LogP contribution >= 0.6 is 22.6 Å². The molecule has 0 unspecified atom stereocenters. The van der Waals surface area contributed by atoms with Gasteiger partial charge in [-0.05, 0) is 46.9 Å². The standard InChI is InChI=1S/C9H10INO/c1-2-9(12)11-8-5-3-7(10)4-6-8/h3-6H,2H2,1H3,(H,11,12). The lowest BCUT2D eigenvalue weighted by Gasteiger charge is -2.02. The molecule has 1 aromatic carbocycles. The van der Waals surface area contributed by atoms with Crippen LogP contribution in [-0.4, -0.2) is 5.91 Å². The van der Waals surface area contributed by atoms with Crippen LogP contribution in [0.25, 0.3) is 0 Å². The summed E-state index contributed by atoms with van der Waals surface area (Å²) in [6.45, 7) is 1.84. The van der Waals surface area contributed by atoms with Crippen LogP contribution in [0.3, 0.4) is 0 Å². The molecule has 1 N–H and O–H groups in total.